The van der Waals surface area contributed by atoms with E-state index in [-0.39, 0.29) is 40.0 Å². The predicted octanol–water partition coefficient (Wildman–Crippen LogP) is 4.39. The van der Waals surface area contributed by atoms with Crippen LogP contribution in [0.3, 0.4) is 0 Å². The molecular weight excluding hydrogens is 434 g/mol. The van der Waals surface area contributed by atoms with E-state index in [0.717, 1.165) is 18.2 Å². The van der Waals surface area contributed by atoms with Gasteiger partial charge in [-0.1, -0.05) is 29.8 Å². The monoisotopic (exact) mass is 450 g/mol. The van der Waals surface area contributed by atoms with Crippen LogP contribution < -0.4 is 10.0 Å². The van der Waals surface area contributed by atoms with Crippen LogP contribution in [0.25, 0.3) is 0 Å². The van der Waals surface area contributed by atoms with Crippen LogP contribution in [-0.2, 0) is 16.4 Å². The third-order valence-electron chi connectivity index (χ3n) is 4.22. The molecule has 0 aliphatic rings. The maximum atomic E-state index is 13.6. The van der Waals surface area contributed by atoms with Crippen LogP contribution in [0.1, 0.15) is 15.9 Å². The molecule has 0 aliphatic carbocycles. The maximum absolute atomic E-state index is 13.6. The van der Waals surface area contributed by atoms with Gasteiger partial charge < -0.3 is 5.32 Å². The highest BCUT2D eigenvalue weighted by Gasteiger charge is 2.20. The van der Waals surface area contributed by atoms with Gasteiger partial charge in [-0.3, -0.25) is 9.52 Å². The molecular formula is C21H17ClF2N2O3S. The van der Waals surface area contributed by atoms with E-state index in [1.807, 2.05) is 0 Å². The minimum absolute atomic E-state index is 0.0763. The first kappa shape index (κ1) is 21.7. The average Bonchev–Trinajstić information content (AvgIpc) is 2.71. The number of amides is 1. The molecule has 3 rings (SSSR count). The second-order valence-corrected chi connectivity index (χ2v) is 8.41. The van der Waals surface area contributed by atoms with Crippen molar-refractivity contribution < 1.29 is 22.0 Å². The first-order valence-electron chi connectivity index (χ1n) is 8.86. The first-order chi connectivity index (χ1) is 14.3. The summed E-state index contributed by atoms with van der Waals surface area (Å²) in [6, 6.07) is 14.8. The van der Waals surface area contributed by atoms with Gasteiger partial charge in [0.15, 0.2) is 0 Å². The van der Waals surface area contributed by atoms with E-state index in [4.69, 9.17) is 11.6 Å². The van der Waals surface area contributed by atoms with E-state index in [9.17, 15) is 22.0 Å². The number of benzene rings is 3. The van der Waals surface area contributed by atoms with Crippen molar-refractivity contribution in [1.82, 2.24) is 5.32 Å². The minimum atomic E-state index is -4.12. The fourth-order valence-electron chi connectivity index (χ4n) is 2.69. The molecule has 0 aliphatic heterocycles. The summed E-state index contributed by atoms with van der Waals surface area (Å²) in [7, 11) is -4.12. The van der Waals surface area contributed by atoms with Crippen LogP contribution >= 0.6 is 11.6 Å². The number of rotatable bonds is 7. The lowest BCUT2D eigenvalue weighted by atomic mass is 10.1. The Balaban J connectivity index is 1.72. The molecule has 0 aromatic heterocycles. The summed E-state index contributed by atoms with van der Waals surface area (Å²) < 4.78 is 54.3. The molecule has 3 aromatic rings. The Morgan fingerprint density at radius 1 is 0.967 bits per heavy atom. The van der Waals surface area contributed by atoms with E-state index in [1.54, 1.807) is 18.2 Å². The minimum Gasteiger partial charge on any atom is -0.352 e. The van der Waals surface area contributed by atoms with Gasteiger partial charge in [-0.15, -0.1) is 0 Å². The molecule has 0 radical (unpaired) electrons. The number of sulfonamides is 1. The Labute approximate surface area is 177 Å². The summed E-state index contributed by atoms with van der Waals surface area (Å²) in [6.07, 6.45) is 0.281. The Kier molecular flexibility index (Phi) is 6.69. The number of carbonyl (C=O) groups is 1. The quantitative estimate of drug-likeness (QED) is 0.560. The predicted molar refractivity (Wildman–Crippen MR) is 111 cm³/mol. The Morgan fingerprint density at radius 2 is 1.67 bits per heavy atom. The molecule has 156 valence electrons. The van der Waals surface area contributed by atoms with Gasteiger partial charge in [0, 0.05) is 17.8 Å². The molecule has 9 heteroatoms. The number of halogens is 3. The molecule has 30 heavy (non-hydrogen) atoms. The third-order valence-corrected chi connectivity index (χ3v) is 6.08. The van der Waals surface area contributed by atoms with Crippen molar-refractivity contribution in [2.45, 2.75) is 11.3 Å². The smallest absolute Gasteiger partial charge is 0.263 e. The zero-order valence-corrected chi connectivity index (χ0v) is 17.1. The normalized spacial score (nSPS) is 11.2. The molecule has 0 heterocycles. The number of hydrogen-bond donors (Lipinski definition) is 2. The first-order valence-corrected chi connectivity index (χ1v) is 10.7. The van der Waals surface area contributed by atoms with Gasteiger partial charge in [0.05, 0.1) is 5.02 Å². The number of hydrogen-bond acceptors (Lipinski definition) is 3. The van der Waals surface area contributed by atoms with Crippen molar-refractivity contribution in [3.8, 4) is 0 Å². The van der Waals surface area contributed by atoms with Crippen molar-refractivity contribution in [3.05, 3.63) is 94.5 Å². The van der Waals surface area contributed by atoms with Crippen LogP contribution in [0.2, 0.25) is 5.02 Å². The van der Waals surface area contributed by atoms with Crippen LogP contribution in [0.4, 0.5) is 14.5 Å². The SMILES string of the molecule is O=C(NCCc1ccccc1F)c1ccc(Cl)c(S(=O)(=O)Nc2ccc(F)cc2)c1. The highest BCUT2D eigenvalue weighted by atomic mass is 35.5. The largest absolute Gasteiger partial charge is 0.352 e. The van der Waals surface area contributed by atoms with Gasteiger partial charge in [-0.05, 0) is 60.5 Å². The van der Waals surface area contributed by atoms with Crippen LogP contribution in [-0.4, -0.2) is 20.9 Å². The summed E-state index contributed by atoms with van der Waals surface area (Å²) in [6.45, 7) is 0.165. The Hall–Kier alpha value is -2.97. The summed E-state index contributed by atoms with van der Waals surface area (Å²) in [4.78, 5) is 12.1. The molecule has 0 bridgehead atoms. The second-order valence-electron chi connectivity index (χ2n) is 6.35. The van der Waals surface area contributed by atoms with Gasteiger partial charge in [0.1, 0.15) is 16.5 Å². The molecule has 0 spiro atoms. The molecule has 2 N–H and O–H groups in total. The molecule has 5 nitrogen and oxygen atoms in total. The summed E-state index contributed by atoms with van der Waals surface area (Å²) in [5, 5.41) is 2.55. The topological polar surface area (TPSA) is 75.3 Å². The lowest BCUT2D eigenvalue weighted by molar-refractivity contribution is 0.0954. The van der Waals surface area contributed by atoms with E-state index in [2.05, 4.69) is 10.0 Å². The van der Waals surface area contributed by atoms with Crippen molar-refractivity contribution in [2.24, 2.45) is 0 Å². The third kappa shape index (κ3) is 5.34. The summed E-state index contributed by atoms with van der Waals surface area (Å²) in [5.41, 5.74) is 0.681. The fourth-order valence-corrected chi connectivity index (χ4v) is 4.28. The van der Waals surface area contributed by atoms with Crippen molar-refractivity contribution in [3.63, 3.8) is 0 Å². The lowest BCUT2D eigenvalue weighted by Crippen LogP contribution is -2.26. The molecule has 0 saturated heterocycles. The van der Waals surface area contributed by atoms with E-state index < -0.39 is 21.7 Å². The zero-order valence-electron chi connectivity index (χ0n) is 15.5. The second kappa shape index (κ2) is 9.23. The van der Waals surface area contributed by atoms with Gasteiger partial charge in [0.2, 0.25) is 0 Å². The molecule has 0 unspecified atom stereocenters. The average molecular weight is 451 g/mol. The summed E-state index contributed by atoms with van der Waals surface area (Å²) in [5.74, 6) is -1.40. The highest BCUT2D eigenvalue weighted by molar-refractivity contribution is 7.92. The molecule has 0 fully saturated rings. The van der Waals surface area contributed by atoms with Crippen LogP contribution in [0.15, 0.2) is 71.6 Å². The maximum Gasteiger partial charge on any atom is 0.263 e. The van der Waals surface area contributed by atoms with Gasteiger partial charge in [-0.25, -0.2) is 17.2 Å². The Bertz CT molecular complexity index is 1170. The molecule has 0 saturated carbocycles. The fraction of sp³-hybridized carbons (Fsp3) is 0.0952. The molecule has 1 amide bonds. The summed E-state index contributed by atoms with van der Waals surface area (Å²) >= 11 is 6.03. The standard InChI is InChI=1S/C21H17ClF2N2O3S/c22-18-10-5-15(21(27)25-12-11-14-3-1-2-4-19(14)24)13-20(18)30(28,29)26-17-8-6-16(23)7-9-17/h1-10,13,26H,11-12H2,(H,25,27). The van der Waals surface area contributed by atoms with Crippen LogP contribution in [0, 0.1) is 11.6 Å². The number of anilines is 1. The lowest BCUT2D eigenvalue weighted by Gasteiger charge is -2.11. The van der Waals surface area contributed by atoms with Gasteiger partial charge in [-0.2, -0.15) is 0 Å². The molecule has 3 aromatic carbocycles. The zero-order chi connectivity index (χ0) is 21.7. The van der Waals surface area contributed by atoms with Crippen molar-refractivity contribution in [2.75, 3.05) is 11.3 Å². The van der Waals surface area contributed by atoms with E-state index >= 15 is 0 Å². The van der Waals surface area contributed by atoms with E-state index in [0.29, 0.717) is 5.56 Å². The van der Waals surface area contributed by atoms with E-state index in [1.165, 1.54) is 30.3 Å². The highest BCUT2D eigenvalue weighted by Crippen LogP contribution is 2.25. The van der Waals surface area contributed by atoms with Gasteiger partial charge >= 0.3 is 0 Å². The van der Waals surface area contributed by atoms with Crippen LogP contribution in [0.5, 0.6) is 0 Å². The molecule has 0 atom stereocenters. The number of carbonyl (C=O) groups excluding carboxylic acids is 1. The van der Waals surface area contributed by atoms with Crippen molar-refractivity contribution in [1.29, 1.82) is 0 Å². The number of nitrogens with one attached hydrogen (secondary N) is 2. The van der Waals surface area contributed by atoms with Crippen molar-refractivity contribution >= 4 is 33.2 Å². The van der Waals surface area contributed by atoms with Gasteiger partial charge in [0.25, 0.3) is 15.9 Å². The Morgan fingerprint density at radius 3 is 2.37 bits per heavy atom.